The van der Waals surface area contributed by atoms with Crippen molar-refractivity contribution in [3.05, 3.63) is 91.0 Å². The molecule has 0 amide bonds. The maximum Gasteiger partial charge on any atom is 0.692 e. The van der Waals surface area contributed by atoms with E-state index in [0.29, 0.717) is 0 Å². The van der Waals surface area contributed by atoms with Gasteiger partial charge in [0.1, 0.15) is 0 Å². The molecule has 6 heteroatoms. The van der Waals surface area contributed by atoms with Gasteiger partial charge in [-0.25, -0.2) is 0 Å². The smallest absolute Gasteiger partial charge is 0.134 e. The molecule has 2 N–H and O–H groups in total. The Balaban J connectivity index is 0.000000522. The first-order chi connectivity index (χ1) is 11.2. The lowest BCUT2D eigenvalue weighted by molar-refractivity contribution is 0.405. The summed E-state index contributed by atoms with van der Waals surface area (Å²) < 4.78 is 8.70. The van der Waals surface area contributed by atoms with E-state index in [9.17, 15) is 0 Å². The van der Waals surface area contributed by atoms with E-state index in [1.165, 1.54) is 15.9 Å². The van der Waals surface area contributed by atoms with E-state index in [0.717, 1.165) is 0 Å². The van der Waals surface area contributed by atoms with Crippen LogP contribution in [0.4, 0.5) is 0 Å². The van der Waals surface area contributed by atoms with Gasteiger partial charge in [0.15, 0.2) is 0 Å². The molecule has 0 atom stereocenters. The highest BCUT2D eigenvalue weighted by molar-refractivity contribution is 8.93. The Labute approximate surface area is 154 Å². The Kier molecular flexibility index (Phi) is 9.63. The predicted octanol–water partition coefficient (Wildman–Crippen LogP) is 3.65. The highest BCUT2D eigenvalue weighted by atomic mass is 79.9. The van der Waals surface area contributed by atoms with Crippen LogP contribution in [0.3, 0.4) is 0 Å². The summed E-state index contributed by atoms with van der Waals surface area (Å²) in [6.45, 7) is 0. The molecule has 0 aliphatic heterocycles. The SMILES string of the molecule is Br.O=[P+](O)O.c1ccc(P(c2ccccc2)c2ccccc2)cc1. The maximum absolute atomic E-state index is 8.70. The molecule has 0 heterocycles. The van der Waals surface area contributed by atoms with Crippen molar-refractivity contribution in [3.63, 3.8) is 0 Å². The minimum absolute atomic E-state index is 0. The Bertz CT molecular complexity index is 627. The van der Waals surface area contributed by atoms with Gasteiger partial charge in [0.2, 0.25) is 0 Å². The molecule has 0 radical (unpaired) electrons. The fraction of sp³-hybridized carbons (Fsp3) is 0. The summed E-state index contributed by atoms with van der Waals surface area (Å²) in [5.74, 6) is 0. The molecule has 24 heavy (non-hydrogen) atoms. The second kappa shape index (κ2) is 11.2. The van der Waals surface area contributed by atoms with Crippen LogP contribution in [0.15, 0.2) is 91.0 Å². The van der Waals surface area contributed by atoms with Crippen molar-refractivity contribution in [1.82, 2.24) is 0 Å². The largest absolute Gasteiger partial charge is 0.692 e. The zero-order chi connectivity index (χ0) is 16.5. The fourth-order valence-electron chi connectivity index (χ4n) is 2.18. The van der Waals surface area contributed by atoms with E-state index >= 15 is 0 Å². The average molecular weight is 424 g/mol. The molecule has 3 aromatic carbocycles. The highest BCUT2D eigenvalue weighted by Gasteiger charge is 2.14. The van der Waals surface area contributed by atoms with E-state index in [1.54, 1.807) is 0 Å². The van der Waals surface area contributed by atoms with Crippen molar-refractivity contribution in [1.29, 1.82) is 0 Å². The fourth-order valence-corrected chi connectivity index (χ4v) is 4.48. The third kappa shape index (κ3) is 6.60. The number of rotatable bonds is 3. The molecule has 0 unspecified atom stereocenters. The van der Waals surface area contributed by atoms with Crippen LogP contribution in [0.2, 0.25) is 0 Å². The van der Waals surface area contributed by atoms with Gasteiger partial charge in [-0.2, -0.15) is 0 Å². The summed E-state index contributed by atoms with van der Waals surface area (Å²) in [6, 6.07) is 32.3. The van der Waals surface area contributed by atoms with Crippen LogP contribution in [0.1, 0.15) is 0 Å². The third-order valence-electron chi connectivity index (χ3n) is 3.04. The molecule has 0 saturated heterocycles. The number of benzene rings is 3. The van der Waals surface area contributed by atoms with Crippen molar-refractivity contribution < 1.29 is 14.4 Å². The average Bonchev–Trinajstić information content (AvgIpc) is 2.58. The van der Waals surface area contributed by atoms with Gasteiger partial charge in [0.05, 0.1) is 0 Å². The topological polar surface area (TPSA) is 57.5 Å². The first-order valence-electron chi connectivity index (χ1n) is 6.99. The number of hydrogen-bond donors (Lipinski definition) is 2. The van der Waals surface area contributed by atoms with Gasteiger partial charge >= 0.3 is 8.25 Å². The minimum atomic E-state index is -2.87. The zero-order valence-electron chi connectivity index (χ0n) is 12.8. The molecule has 0 spiro atoms. The summed E-state index contributed by atoms with van der Waals surface area (Å²) in [7, 11) is -3.32. The van der Waals surface area contributed by atoms with Gasteiger partial charge < -0.3 is 0 Å². The molecule has 3 rings (SSSR count). The summed E-state index contributed by atoms with van der Waals surface area (Å²) in [6.07, 6.45) is 0. The van der Waals surface area contributed by atoms with E-state index in [2.05, 4.69) is 91.0 Å². The molecule has 0 saturated carbocycles. The van der Waals surface area contributed by atoms with Crippen LogP contribution in [0.5, 0.6) is 0 Å². The van der Waals surface area contributed by atoms with Crippen molar-refractivity contribution in [2.24, 2.45) is 0 Å². The van der Waals surface area contributed by atoms with Crippen LogP contribution in [0, 0.1) is 0 Å². The van der Waals surface area contributed by atoms with Crippen LogP contribution >= 0.6 is 33.2 Å². The molecule has 3 nitrogen and oxygen atoms in total. The molecule has 0 fully saturated rings. The number of halogens is 1. The first kappa shape index (κ1) is 20.6. The Morgan fingerprint density at radius 2 is 0.792 bits per heavy atom. The third-order valence-corrected chi connectivity index (χ3v) is 5.49. The van der Waals surface area contributed by atoms with E-state index in [4.69, 9.17) is 14.4 Å². The molecular weight excluding hydrogens is 406 g/mol. The quantitative estimate of drug-likeness (QED) is 0.632. The first-order valence-corrected chi connectivity index (χ1v) is 9.49. The second-order valence-electron chi connectivity index (χ2n) is 4.59. The Morgan fingerprint density at radius 1 is 0.583 bits per heavy atom. The van der Waals surface area contributed by atoms with Crippen LogP contribution < -0.4 is 15.9 Å². The van der Waals surface area contributed by atoms with Crippen LogP contribution in [-0.2, 0) is 4.57 Å². The summed E-state index contributed by atoms with van der Waals surface area (Å²) in [4.78, 5) is 14.2. The van der Waals surface area contributed by atoms with Gasteiger partial charge in [-0.15, -0.1) is 26.8 Å². The highest BCUT2D eigenvalue weighted by Crippen LogP contribution is 2.32. The number of hydrogen-bond acceptors (Lipinski definition) is 1. The lowest BCUT2D eigenvalue weighted by atomic mass is 10.4. The molecular formula is C18H18BrO3P2+. The molecule has 0 bridgehead atoms. The molecule has 0 aromatic heterocycles. The Hall–Kier alpha value is -1.41. The van der Waals surface area contributed by atoms with E-state index < -0.39 is 16.2 Å². The van der Waals surface area contributed by atoms with Crippen molar-refractivity contribution in [2.45, 2.75) is 0 Å². The van der Waals surface area contributed by atoms with E-state index in [1.807, 2.05) is 0 Å². The second-order valence-corrected chi connectivity index (χ2v) is 7.32. The summed E-state index contributed by atoms with van der Waals surface area (Å²) in [5.41, 5.74) is 0. The lowest BCUT2D eigenvalue weighted by Gasteiger charge is -2.18. The van der Waals surface area contributed by atoms with E-state index in [-0.39, 0.29) is 17.0 Å². The van der Waals surface area contributed by atoms with Gasteiger partial charge in [-0.1, -0.05) is 91.0 Å². The van der Waals surface area contributed by atoms with Gasteiger partial charge in [0.25, 0.3) is 0 Å². The maximum atomic E-state index is 8.70. The zero-order valence-corrected chi connectivity index (χ0v) is 16.3. The van der Waals surface area contributed by atoms with Crippen molar-refractivity contribution in [3.8, 4) is 0 Å². The summed E-state index contributed by atoms with van der Waals surface area (Å²) in [5, 5.41) is 4.19. The normalized spacial score (nSPS) is 9.46. The monoisotopic (exact) mass is 423 g/mol. The predicted molar refractivity (Wildman–Crippen MR) is 108 cm³/mol. The van der Waals surface area contributed by atoms with Crippen LogP contribution in [-0.4, -0.2) is 9.79 Å². The molecule has 124 valence electrons. The van der Waals surface area contributed by atoms with Crippen LogP contribution in [0.25, 0.3) is 0 Å². The molecule has 3 aromatic rings. The molecule has 0 aliphatic rings. The van der Waals surface area contributed by atoms with Gasteiger partial charge in [0, 0.05) is 4.57 Å². The standard InChI is InChI=1S/C18H15P.BrH.HO3P/c1-4-10-16(11-5-1)19(17-12-6-2-7-13-17)18-14-8-3-9-15-18;;1-4(2)3/h1-15H;1H;(H-,1,2,3)/p+1. The van der Waals surface area contributed by atoms with Crippen molar-refractivity contribution in [2.75, 3.05) is 0 Å². The van der Waals surface area contributed by atoms with Crippen molar-refractivity contribution >= 4 is 49.1 Å². The molecule has 0 aliphatic carbocycles. The van der Waals surface area contributed by atoms with Gasteiger partial charge in [-0.3, -0.25) is 0 Å². The summed E-state index contributed by atoms with van der Waals surface area (Å²) >= 11 is 0. The van der Waals surface area contributed by atoms with Gasteiger partial charge in [-0.05, 0) is 23.8 Å². The lowest BCUT2D eigenvalue weighted by Crippen LogP contribution is -2.20. The Morgan fingerprint density at radius 3 is 1.00 bits per heavy atom. The minimum Gasteiger partial charge on any atom is -0.134 e.